The molecule has 2 aromatic carbocycles. The Morgan fingerprint density at radius 1 is 1.23 bits per heavy atom. The lowest BCUT2D eigenvalue weighted by atomic mass is 10.1. The summed E-state index contributed by atoms with van der Waals surface area (Å²) in [6.45, 7) is 6.22. The van der Waals surface area contributed by atoms with Crippen LogP contribution in [0.4, 0.5) is 11.4 Å². The molecule has 0 bridgehead atoms. The molecule has 26 heavy (non-hydrogen) atoms. The first-order valence-electron chi connectivity index (χ1n) is 8.46. The number of rotatable bonds is 4. The molecule has 3 rings (SSSR count). The van der Waals surface area contributed by atoms with Crippen molar-refractivity contribution in [2.75, 3.05) is 16.2 Å². The number of amides is 1. The summed E-state index contributed by atoms with van der Waals surface area (Å²) in [7, 11) is -3.79. The lowest BCUT2D eigenvalue weighted by molar-refractivity contribution is -0.118. The number of halogens is 1. The van der Waals surface area contributed by atoms with Crippen molar-refractivity contribution in [3.05, 3.63) is 51.5 Å². The second-order valence-electron chi connectivity index (χ2n) is 6.48. The summed E-state index contributed by atoms with van der Waals surface area (Å²) in [4.78, 5) is 13.9. The Morgan fingerprint density at radius 3 is 2.62 bits per heavy atom. The van der Waals surface area contributed by atoms with Crippen LogP contribution in [0, 0.1) is 13.8 Å². The highest BCUT2D eigenvalue weighted by Gasteiger charge is 2.28. The van der Waals surface area contributed by atoms with Gasteiger partial charge < -0.3 is 4.90 Å². The highest BCUT2D eigenvalue weighted by Crippen LogP contribution is 2.36. The van der Waals surface area contributed by atoms with E-state index in [1.54, 1.807) is 30.0 Å². The predicted molar refractivity (Wildman–Crippen MR) is 107 cm³/mol. The zero-order chi connectivity index (χ0) is 19.1. The topological polar surface area (TPSA) is 66.5 Å². The molecule has 0 unspecified atom stereocenters. The Morgan fingerprint density at radius 2 is 1.96 bits per heavy atom. The predicted octanol–water partition coefficient (Wildman–Crippen LogP) is 4.17. The first-order valence-corrected chi connectivity index (χ1v) is 10.7. The minimum atomic E-state index is -3.79. The van der Waals surface area contributed by atoms with Gasteiger partial charge in [0.25, 0.3) is 10.0 Å². The molecule has 0 atom stereocenters. The SMILES string of the molecule is CCC(=O)N1CCc2cc(Br)c(S(=O)(=O)Nc3ccc(C)cc3C)cc21. The van der Waals surface area contributed by atoms with Gasteiger partial charge in [0.15, 0.2) is 0 Å². The number of aryl methyl sites for hydroxylation is 2. The molecule has 1 N–H and O–H groups in total. The van der Waals surface area contributed by atoms with Crippen LogP contribution in [0.5, 0.6) is 0 Å². The molecule has 0 radical (unpaired) electrons. The van der Waals surface area contributed by atoms with Crippen molar-refractivity contribution in [1.29, 1.82) is 0 Å². The van der Waals surface area contributed by atoms with Crippen LogP contribution in [0.3, 0.4) is 0 Å². The summed E-state index contributed by atoms with van der Waals surface area (Å²) in [5.74, 6) is -0.00300. The normalized spacial score (nSPS) is 13.6. The Bertz CT molecular complexity index is 987. The third kappa shape index (κ3) is 3.50. The Kier molecular flexibility index (Phi) is 5.12. The number of nitrogens with zero attached hydrogens (tertiary/aromatic N) is 1. The molecule has 0 fully saturated rings. The Balaban J connectivity index is 2.01. The number of hydrogen-bond donors (Lipinski definition) is 1. The van der Waals surface area contributed by atoms with Crippen LogP contribution in [0.2, 0.25) is 0 Å². The largest absolute Gasteiger partial charge is 0.312 e. The molecule has 0 aliphatic carbocycles. The molecule has 5 nitrogen and oxygen atoms in total. The van der Waals surface area contributed by atoms with E-state index in [1.807, 2.05) is 26.0 Å². The van der Waals surface area contributed by atoms with Gasteiger partial charge in [-0.05, 0) is 65.5 Å². The van der Waals surface area contributed by atoms with Crippen LogP contribution in [0.25, 0.3) is 0 Å². The standard InChI is InChI=1S/C19H21BrN2O3S/c1-4-19(23)22-8-7-14-10-15(20)18(11-17(14)22)26(24,25)21-16-6-5-12(2)9-13(16)3/h5-6,9-11,21H,4,7-8H2,1-3H3. The first-order chi connectivity index (χ1) is 12.2. The Hall–Kier alpha value is -1.86. The van der Waals surface area contributed by atoms with Gasteiger partial charge >= 0.3 is 0 Å². The van der Waals surface area contributed by atoms with Crippen molar-refractivity contribution in [3.63, 3.8) is 0 Å². The van der Waals surface area contributed by atoms with E-state index in [1.165, 1.54) is 0 Å². The monoisotopic (exact) mass is 436 g/mol. The fourth-order valence-corrected chi connectivity index (χ4v) is 5.41. The van der Waals surface area contributed by atoms with Crippen molar-refractivity contribution in [2.45, 2.75) is 38.5 Å². The molecule has 0 saturated carbocycles. The minimum Gasteiger partial charge on any atom is -0.312 e. The van der Waals surface area contributed by atoms with Crippen LogP contribution in [0.1, 0.15) is 30.0 Å². The van der Waals surface area contributed by atoms with Gasteiger partial charge in [-0.2, -0.15) is 0 Å². The maximum Gasteiger partial charge on any atom is 0.263 e. The molecule has 7 heteroatoms. The summed E-state index contributed by atoms with van der Waals surface area (Å²) in [5.41, 5.74) is 4.13. The van der Waals surface area contributed by atoms with E-state index in [4.69, 9.17) is 0 Å². The number of hydrogen-bond acceptors (Lipinski definition) is 3. The van der Waals surface area contributed by atoms with Gasteiger partial charge in [0.05, 0.1) is 5.69 Å². The molecule has 1 amide bonds. The van der Waals surface area contributed by atoms with E-state index >= 15 is 0 Å². The van der Waals surface area contributed by atoms with E-state index < -0.39 is 10.0 Å². The highest BCUT2D eigenvalue weighted by molar-refractivity contribution is 9.10. The van der Waals surface area contributed by atoms with Crippen LogP contribution < -0.4 is 9.62 Å². The summed E-state index contributed by atoms with van der Waals surface area (Å²) >= 11 is 3.38. The zero-order valence-corrected chi connectivity index (χ0v) is 17.4. The minimum absolute atomic E-state index is 0.00300. The average Bonchev–Trinajstić information content (AvgIpc) is 2.98. The fraction of sp³-hybridized carbons (Fsp3) is 0.316. The molecular formula is C19H21BrN2O3S. The van der Waals surface area contributed by atoms with Gasteiger partial charge in [0, 0.05) is 23.1 Å². The summed E-state index contributed by atoms with van der Waals surface area (Å²) in [5, 5.41) is 0. The average molecular weight is 437 g/mol. The number of fused-ring (bicyclic) bond motifs is 1. The molecule has 0 aromatic heterocycles. The number of benzene rings is 2. The zero-order valence-electron chi connectivity index (χ0n) is 15.0. The van der Waals surface area contributed by atoms with Crippen LogP contribution in [-0.4, -0.2) is 20.9 Å². The van der Waals surface area contributed by atoms with Crippen LogP contribution in [-0.2, 0) is 21.2 Å². The van der Waals surface area contributed by atoms with Crippen molar-refractivity contribution in [1.82, 2.24) is 0 Å². The fourth-order valence-electron chi connectivity index (χ4n) is 3.17. The van der Waals surface area contributed by atoms with Gasteiger partial charge in [0.1, 0.15) is 4.90 Å². The van der Waals surface area contributed by atoms with E-state index in [9.17, 15) is 13.2 Å². The smallest absolute Gasteiger partial charge is 0.263 e. The van der Waals surface area contributed by atoms with Gasteiger partial charge in [0.2, 0.25) is 5.91 Å². The van der Waals surface area contributed by atoms with Crippen molar-refractivity contribution < 1.29 is 13.2 Å². The number of anilines is 2. The molecule has 1 aliphatic heterocycles. The number of carbonyl (C=O) groups excluding carboxylic acids is 1. The maximum atomic E-state index is 13.0. The molecule has 138 valence electrons. The quantitative estimate of drug-likeness (QED) is 0.781. The van der Waals surface area contributed by atoms with E-state index in [0.717, 1.165) is 23.1 Å². The van der Waals surface area contributed by atoms with Crippen molar-refractivity contribution >= 4 is 43.2 Å². The summed E-state index contributed by atoms with van der Waals surface area (Å²) in [6, 6.07) is 8.94. The van der Waals surface area contributed by atoms with Crippen molar-refractivity contribution in [2.24, 2.45) is 0 Å². The van der Waals surface area contributed by atoms with Crippen LogP contribution >= 0.6 is 15.9 Å². The summed E-state index contributed by atoms with van der Waals surface area (Å²) < 4.78 is 29.1. The molecule has 1 aliphatic rings. The van der Waals surface area contributed by atoms with Gasteiger partial charge in [-0.15, -0.1) is 0 Å². The molecule has 0 spiro atoms. The lowest BCUT2D eigenvalue weighted by Gasteiger charge is -2.18. The third-order valence-corrected chi connectivity index (χ3v) is 6.87. The number of carbonyl (C=O) groups is 1. The van der Waals surface area contributed by atoms with E-state index in [0.29, 0.717) is 28.8 Å². The van der Waals surface area contributed by atoms with E-state index in [-0.39, 0.29) is 10.8 Å². The molecule has 2 aromatic rings. The van der Waals surface area contributed by atoms with Crippen molar-refractivity contribution in [3.8, 4) is 0 Å². The first kappa shape index (κ1) is 18.9. The summed E-state index contributed by atoms with van der Waals surface area (Å²) in [6.07, 6.45) is 1.11. The molecular weight excluding hydrogens is 416 g/mol. The van der Waals surface area contributed by atoms with Gasteiger partial charge in [-0.3, -0.25) is 9.52 Å². The number of nitrogens with one attached hydrogen (secondary N) is 1. The highest BCUT2D eigenvalue weighted by atomic mass is 79.9. The third-order valence-electron chi connectivity index (χ3n) is 4.55. The second-order valence-corrected chi connectivity index (χ2v) is 8.99. The maximum absolute atomic E-state index is 13.0. The molecule has 0 saturated heterocycles. The van der Waals surface area contributed by atoms with Gasteiger partial charge in [-0.1, -0.05) is 24.6 Å². The number of sulfonamides is 1. The van der Waals surface area contributed by atoms with Gasteiger partial charge in [-0.25, -0.2) is 8.42 Å². The Labute approximate surface area is 162 Å². The van der Waals surface area contributed by atoms with E-state index in [2.05, 4.69) is 20.7 Å². The second kappa shape index (κ2) is 7.04. The molecule has 1 heterocycles. The lowest BCUT2D eigenvalue weighted by Crippen LogP contribution is -2.28. The van der Waals surface area contributed by atoms with Crippen LogP contribution in [0.15, 0.2) is 39.7 Å².